The zero-order valence-corrected chi connectivity index (χ0v) is 20.3. The molecular formula is C28H52. The molecule has 0 heterocycles. The molecule has 0 radical (unpaired) electrons. The van der Waals surface area contributed by atoms with Gasteiger partial charge in [-0.05, 0) is 97.7 Å². The van der Waals surface area contributed by atoms with Crippen LogP contribution in [0.15, 0.2) is 0 Å². The van der Waals surface area contributed by atoms with E-state index in [4.69, 9.17) is 0 Å². The molecule has 3 fully saturated rings. The van der Waals surface area contributed by atoms with Gasteiger partial charge in [0.05, 0.1) is 0 Å². The molecule has 3 saturated carbocycles. The smallest absolute Gasteiger partial charge is 0.0264 e. The van der Waals surface area contributed by atoms with E-state index < -0.39 is 0 Å². The van der Waals surface area contributed by atoms with Crippen molar-refractivity contribution in [3.8, 4) is 0 Å². The van der Waals surface area contributed by atoms with E-state index in [0.29, 0.717) is 5.41 Å². The van der Waals surface area contributed by atoms with Gasteiger partial charge in [0.25, 0.3) is 0 Å². The Labute approximate surface area is 178 Å². The molecule has 8 atom stereocenters. The molecule has 0 aromatic carbocycles. The Bertz CT molecular complexity index is 465. The highest BCUT2D eigenvalue weighted by Gasteiger charge is 2.56. The number of fused-ring (bicyclic) bond motifs is 3. The van der Waals surface area contributed by atoms with Crippen LogP contribution in [0, 0.1) is 52.8 Å². The molecule has 0 aliphatic heterocycles. The minimum atomic E-state index is 0.682. The summed E-state index contributed by atoms with van der Waals surface area (Å²) in [4.78, 5) is 0. The standard InChI is InChI=1S/C28H52/c1-7-8-11-21(4)19-23-13-14-25-24(23)17-18-28(6)26(15-16-27(25)28)22(5)12-9-10-20(2)3/h20-27H,7-19H2,1-6H3. The highest BCUT2D eigenvalue weighted by atomic mass is 14.6. The zero-order valence-electron chi connectivity index (χ0n) is 20.3. The van der Waals surface area contributed by atoms with Gasteiger partial charge in [0, 0.05) is 0 Å². The van der Waals surface area contributed by atoms with E-state index in [1.807, 2.05) is 0 Å². The van der Waals surface area contributed by atoms with Crippen LogP contribution in [0.3, 0.4) is 0 Å². The largest absolute Gasteiger partial charge is 0.0654 e. The van der Waals surface area contributed by atoms with Gasteiger partial charge in [-0.15, -0.1) is 0 Å². The highest BCUT2D eigenvalue weighted by Crippen LogP contribution is 2.65. The Balaban J connectivity index is 1.57. The third-order valence-corrected chi connectivity index (χ3v) is 9.93. The van der Waals surface area contributed by atoms with Crippen LogP contribution in [0.5, 0.6) is 0 Å². The van der Waals surface area contributed by atoms with Crippen molar-refractivity contribution in [3.63, 3.8) is 0 Å². The minimum absolute atomic E-state index is 0.682. The first kappa shape index (κ1) is 22.7. The molecule has 0 aromatic heterocycles. The average Bonchev–Trinajstić information content (AvgIpc) is 3.20. The van der Waals surface area contributed by atoms with Crippen molar-refractivity contribution in [1.29, 1.82) is 0 Å². The Hall–Kier alpha value is 0. The first-order chi connectivity index (χ1) is 13.4. The topological polar surface area (TPSA) is 0 Å². The van der Waals surface area contributed by atoms with Gasteiger partial charge in [0.15, 0.2) is 0 Å². The summed E-state index contributed by atoms with van der Waals surface area (Å²) in [6.07, 6.45) is 19.6. The van der Waals surface area contributed by atoms with Gasteiger partial charge in [-0.25, -0.2) is 0 Å². The van der Waals surface area contributed by atoms with Crippen LogP contribution in [0.4, 0.5) is 0 Å². The number of unbranched alkanes of at least 4 members (excludes halogenated alkanes) is 1. The lowest BCUT2D eigenvalue weighted by molar-refractivity contribution is -0.00304. The van der Waals surface area contributed by atoms with Gasteiger partial charge in [-0.1, -0.05) is 80.1 Å². The molecule has 0 heteroatoms. The molecule has 0 amide bonds. The summed E-state index contributed by atoms with van der Waals surface area (Å²) in [5, 5.41) is 0. The van der Waals surface area contributed by atoms with Crippen molar-refractivity contribution in [2.24, 2.45) is 52.8 Å². The van der Waals surface area contributed by atoms with E-state index in [-0.39, 0.29) is 0 Å². The van der Waals surface area contributed by atoms with Crippen molar-refractivity contribution in [3.05, 3.63) is 0 Å². The second-order valence-electron chi connectivity index (χ2n) is 12.3. The molecule has 0 N–H and O–H groups in total. The zero-order chi connectivity index (χ0) is 20.3. The summed E-state index contributed by atoms with van der Waals surface area (Å²) in [5.74, 6) is 8.15. The van der Waals surface area contributed by atoms with E-state index in [0.717, 1.165) is 47.3 Å². The van der Waals surface area contributed by atoms with Crippen LogP contribution >= 0.6 is 0 Å². The third kappa shape index (κ3) is 4.83. The molecule has 3 rings (SSSR count). The summed E-state index contributed by atoms with van der Waals surface area (Å²) >= 11 is 0. The Morgan fingerprint density at radius 1 is 0.821 bits per heavy atom. The predicted molar refractivity (Wildman–Crippen MR) is 124 cm³/mol. The Kier molecular flexibility index (Phi) is 8.00. The second kappa shape index (κ2) is 9.87. The third-order valence-electron chi connectivity index (χ3n) is 9.93. The lowest BCUT2D eigenvalue weighted by Crippen LogP contribution is -2.42. The molecule has 8 unspecified atom stereocenters. The summed E-state index contributed by atoms with van der Waals surface area (Å²) < 4.78 is 0. The maximum Gasteiger partial charge on any atom is -0.0264 e. The quantitative estimate of drug-likeness (QED) is 0.350. The fourth-order valence-electron chi connectivity index (χ4n) is 8.44. The number of rotatable bonds is 10. The highest BCUT2D eigenvalue weighted by molar-refractivity contribution is 5.06. The molecule has 0 nitrogen and oxygen atoms in total. The molecule has 0 bridgehead atoms. The lowest BCUT2D eigenvalue weighted by atomic mass is 9.56. The minimum Gasteiger partial charge on any atom is -0.0654 e. The maximum absolute atomic E-state index is 2.74. The summed E-state index contributed by atoms with van der Waals surface area (Å²) in [6, 6.07) is 0. The first-order valence-corrected chi connectivity index (χ1v) is 13.4. The van der Waals surface area contributed by atoms with Crippen LogP contribution in [0.25, 0.3) is 0 Å². The average molecular weight is 389 g/mol. The van der Waals surface area contributed by atoms with Crippen LogP contribution in [0.1, 0.15) is 125 Å². The van der Waals surface area contributed by atoms with Crippen LogP contribution in [-0.2, 0) is 0 Å². The predicted octanol–water partition coefficient (Wildman–Crippen LogP) is 9.13. The van der Waals surface area contributed by atoms with Crippen molar-refractivity contribution in [2.45, 2.75) is 125 Å². The van der Waals surface area contributed by atoms with Crippen molar-refractivity contribution < 1.29 is 0 Å². The second-order valence-corrected chi connectivity index (χ2v) is 12.3. The fourth-order valence-corrected chi connectivity index (χ4v) is 8.44. The van der Waals surface area contributed by atoms with Crippen molar-refractivity contribution in [2.75, 3.05) is 0 Å². The van der Waals surface area contributed by atoms with Gasteiger partial charge in [0.1, 0.15) is 0 Å². The number of hydrogen-bond donors (Lipinski definition) is 0. The Morgan fingerprint density at radius 3 is 2.32 bits per heavy atom. The van der Waals surface area contributed by atoms with E-state index in [1.165, 1.54) is 38.5 Å². The van der Waals surface area contributed by atoms with Gasteiger partial charge in [-0.2, -0.15) is 0 Å². The van der Waals surface area contributed by atoms with Gasteiger partial charge < -0.3 is 0 Å². The normalized spacial score (nSPS) is 39.8. The van der Waals surface area contributed by atoms with Gasteiger partial charge in [-0.3, -0.25) is 0 Å². The molecule has 0 aromatic rings. The van der Waals surface area contributed by atoms with E-state index >= 15 is 0 Å². The molecule has 3 aliphatic rings. The number of hydrogen-bond acceptors (Lipinski definition) is 0. The monoisotopic (exact) mass is 388 g/mol. The van der Waals surface area contributed by atoms with E-state index in [2.05, 4.69) is 41.5 Å². The van der Waals surface area contributed by atoms with Gasteiger partial charge in [0.2, 0.25) is 0 Å². The summed E-state index contributed by atoms with van der Waals surface area (Å²) in [6.45, 7) is 15.0. The maximum atomic E-state index is 2.74. The molecule has 0 spiro atoms. The van der Waals surface area contributed by atoms with Gasteiger partial charge >= 0.3 is 0 Å². The first-order valence-electron chi connectivity index (χ1n) is 13.4. The molecule has 3 aliphatic carbocycles. The lowest BCUT2D eigenvalue weighted by Gasteiger charge is -2.49. The fraction of sp³-hybridized carbons (Fsp3) is 1.00. The van der Waals surface area contributed by atoms with E-state index in [9.17, 15) is 0 Å². The molecule has 164 valence electrons. The van der Waals surface area contributed by atoms with Crippen molar-refractivity contribution in [1.82, 2.24) is 0 Å². The summed E-state index contributed by atoms with van der Waals surface area (Å²) in [7, 11) is 0. The molecule has 0 saturated heterocycles. The van der Waals surface area contributed by atoms with Crippen LogP contribution < -0.4 is 0 Å². The SMILES string of the molecule is CCCCC(C)CC1CCC2C1CCC1(C)C(C(C)CCCC(C)C)CCC21. The Morgan fingerprint density at radius 2 is 1.61 bits per heavy atom. The molecular weight excluding hydrogens is 336 g/mol. The molecule has 28 heavy (non-hydrogen) atoms. The summed E-state index contributed by atoms with van der Waals surface area (Å²) in [5.41, 5.74) is 0.682. The van der Waals surface area contributed by atoms with Crippen LogP contribution in [-0.4, -0.2) is 0 Å². The van der Waals surface area contributed by atoms with Crippen LogP contribution in [0.2, 0.25) is 0 Å². The van der Waals surface area contributed by atoms with E-state index in [1.54, 1.807) is 44.9 Å². The van der Waals surface area contributed by atoms with Crippen molar-refractivity contribution >= 4 is 0 Å².